The third-order valence-electron chi connectivity index (χ3n) is 5.87. The van der Waals surface area contributed by atoms with Crippen molar-refractivity contribution in [2.24, 2.45) is 0 Å². The third kappa shape index (κ3) is 3.21. The fourth-order valence-corrected chi connectivity index (χ4v) is 5.00. The lowest BCUT2D eigenvalue weighted by Crippen LogP contribution is -2.53. The monoisotopic (exact) mass is 459 g/mol. The molecule has 2 fully saturated rings. The lowest BCUT2D eigenvalue weighted by atomic mass is 9.61. The van der Waals surface area contributed by atoms with E-state index in [-0.39, 0.29) is 23.0 Å². The predicted octanol–water partition coefficient (Wildman–Crippen LogP) is 4.39. The highest BCUT2D eigenvalue weighted by atomic mass is 127. The molecule has 2 aromatic rings. The first-order valence-corrected chi connectivity index (χ1v) is 10.0. The number of ketones is 1. The van der Waals surface area contributed by atoms with E-state index in [1.165, 1.54) is 3.57 Å². The lowest BCUT2D eigenvalue weighted by Gasteiger charge is -2.50. The molecule has 3 nitrogen and oxygen atoms in total. The molecule has 2 aliphatic rings. The first-order chi connectivity index (χ1) is 12.5. The van der Waals surface area contributed by atoms with Crippen molar-refractivity contribution in [1.82, 2.24) is 4.90 Å². The number of phenols is 1. The number of fused-ring (bicyclic) bond motifs is 2. The van der Waals surface area contributed by atoms with Gasteiger partial charge in [-0.05, 0) is 90.5 Å². The van der Waals surface area contributed by atoms with Crippen molar-refractivity contribution >= 4 is 34.5 Å². The quantitative estimate of drug-likeness (QED) is 0.535. The van der Waals surface area contributed by atoms with Gasteiger partial charge >= 0.3 is 0 Å². The molecule has 0 aromatic heterocycles. The standard InChI is InChI=1S/C22H22INO2/c1-24-9-8-22(16-5-3-7-18(25)12-16)13-20(24)19(21(26)14-22)11-15-4-2-6-17(23)10-15/h2-7,10-12,20,25H,8-9,13-14H2,1H3/b19-11+. The van der Waals surface area contributed by atoms with Crippen molar-refractivity contribution < 1.29 is 9.90 Å². The number of hydrogen-bond donors (Lipinski definition) is 1. The molecular weight excluding hydrogens is 437 g/mol. The molecule has 4 rings (SSSR count). The summed E-state index contributed by atoms with van der Waals surface area (Å²) < 4.78 is 1.17. The van der Waals surface area contributed by atoms with E-state index in [0.29, 0.717) is 6.42 Å². The van der Waals surface area contributed by atoms with E-state index in [0.717, 1.165) is 36.1 Å². The summed E-state index contributed by atoms with van der Waals surface area (Å²) in [7, 11) is 2.11. The molecule has 1 N–H and O–H groups in total. The van der Waals surface area contributed by atoms with Crippen molar-refractivity contribution in [1.29, 1.82) is 0 Å². The molecule has 1 saturated heterocycles. The molecule has 0 amide bonds. The predicted molar refractivity (Wildman–Crippen MR) is 112 cm³/mol. The lowest BCUT2D eigenvalue weighted by molar-refractivity contribution is -0.120. The van der Waals surface area contributed by atoms with Gasteiger partial charge in [0.15, 0.2) is 5.78 Å². The molecule has 4 heteroatoms. The second kappa shape index (κ2) is 6.82. The van der Waals surface area contributed by atoms with Crippen molar-refractivity contribution in [3.8, 4) is 5.75 Å². The van der Waals surface area contributed by atoms with Gasteiger partial charge in [-0.3, -0.25) is 9.69 Å². The highest BCUT2D eigenvalue weighted by molar-refractivity contribution is 14.1. The molecular formula is C22H22INO2. The minimum atomic E-state index is -0.157. The maximum absolute atomic E-state index is 13.1. The van der Waals surface area contributed by atoms with E-state index in [1.807, 2.05) is 18.2 Å². The van der Waals surface area contributed by atoms with Gasteiger partial charge in [-0.1, -0.05) is 24.3 Å². The Morgan fingerprint density at radius 1 is 1.23 bits per heavy atom. The van der Waals surface area contributed by atoms with Gasteiger partial charge in [0.05, 0.1) is 0 Å². The van der Waals surface area contributed by atoms with Gasteiger partial charge in [0.2, 0.25) is 0 Å². The number of benzene rings is 2. The Hall–Kier alpha value is -1.66. The Kier molecular flexibility index (Phi) is 4.65. The molecule has 1 heterocycles. The number of nitrogens with zero attached hydrogens (tertiary/aromatic N) is 1. The average Bonchev–Trinajstić information content (AvgIpc) is 2.61. The molecule has 1 aliphatic carbocycles. The van der Waals surface area contributed by atoms with Gasteiger partial charge in [0.1, 0.15) is 5.75 Å². The SMILES string of the molecule is CN1CCC2(c3cccc(O)c3)CC(=O)/C(=C/c3cccc(I)c3)C1C2. The fraction of sp³-hybridized carbons (Fsp3) is 0.318. The van der Waals surface area contributed by atoms with Gasteiger partial charge in [0, 0.05) is 27.0 Å². The molecule has 134 valence electrons. The molecule has 2 unspecified atom stereocenters. The first kappa shape index (κ1) is 17.7. The first-order valence-electron chi connectivity index (χ1n) is 8.97. The summed E-state index contributed by atoms with van der Waals surface area (Å²) in [6.07, 6.45) is 4.47. The number of piperidine rings is 1. The molecule has 2 aromatic carbocycles. The summed E-state index contributed by atoms with van der Waals surface area (Å²) in [5.41, 5.74) is 2.95. The summed E-state index contributed by atoms with van der Waals surface area (Å²) in [6, 6.07) is 15.9. The second-order valence-electron chi connectivity index (χ2n) is 7.54. The highest BCUT2D eigenvalue weighted by Crippen LogP contribution is 2.47. The number of rotatable bonds is 2. The molecule has 0 spiro atoms. The van der Waals surface area contributed by atoms with Crippen LogP contribution in [-0.4, -0.2) is 35.4 Å². The Bertz CT molecular complexity index is 891. The molecule has 2 bridgehead atoms. The number of halogens is 1. The highest BCUT2D eigenvalue weighted by Gasteiger charge is 2.48. The minimum absolute atomic E-state index is 0.130. The van der Waals surface area contributed by atoms with Crippen molar-refractivity contribution in [2.45, 2.75) is 30.7 Å². The summed E-state index contributed by atoms with van der Waals surface area (Å²) >= 11 is 2.30. The summed E-state index contributed by atoms with van der Waals surface area (Å²) in [6.45, 7) is 0.956. The van der Waals surface area contributed by atoms with E-state index < -0.39 is 0 Å². The minimum Gasteiger partial charge on any atom is -0.508 e. The number of Topliss-reactive ketones (excluding diaryl/α,β-unsaturated/α-hetero) is 1. The molecule has 1 aliphatic heterocycles. The van der Waals surface area contributed by atoms with Crippen LogP contribution in [0, 0.1) is 3.57 Å². The van der Waals surface area contributed by atoms with Gasteiger partial charge in [-0.2, -0.15) is 0 Å². The van der Waals surface area contributed by atoms with Crippen molar-refractivity contribution in [2.75, 3.05) is 13.6 Å². The van der Waals surface area contributed by atoms with Crippen LogP contribution in [0.5, 0.6) is 5.75 Å². The molecule has 2 atom stereocenters. The van der Waals surface area contributed by atoms with Crippen LogP contribution in [0.15, 0.2) is 54.1 Å². The number of hydrogen-bond acceptors (Lipinski definition) is 3. The molecule has 0 radical (unpaired) electrons. The maximum atomic E-state index is 13.1. The maximum Gasteiger partial charge on any atom is 0.161 e. The number of aromatic hydroxyl groups is 1. The zero-order valence-electron chi connectivity index (χ0n) is 14.8. The van der Waals surface area contributed by atoms with Crippen molar-refractivity contribution in [3.63, 3.8) is 0 Å². The second-order valence-corrected chi connectivity index (χ2v) is 8.78. The van der Waals surface area contributed by atoms with Gasteiger partial charge in [-0.25, -0.2) is 0 Å². The van der Waals surface area contributed by atoms with E-state index in [9.17, 15) is 9.90 Å². The zero-order chi connectivity index (χ0) is 18.3. The number of carbonyl (C=O) groups is 1. The van der Waals surface area contributed by atoms with Gasteiger partial charge in [-0.15, -0.1) is 0 Å². The van der Waals surface area contributed by atoms with Crippen LogP contribution in [0.2, 0.25) is 0 Å². The van der Waals surface area contributed by atoms with Crippen LogP contribution in [0.1, 0.15) is 30.4 Å². The van der Waals surface area contributed by atoms with Gasteiger partial charge in [0.25, 0.3) is 0 Å². The molecule has 26 heavy (non-hydrogen) atoms. The Morgan fingerprint density at radius 2 is 2.04 bits per heavy atom. The third-order valence-corrected chi connectivity index (χ3v) is 6.54. The summed E-state index contributed by atoms with van der Waals surface area (Å²) in [5.74, 6) is 0.509. The van der Waals surface area contributed by atoms with Crippen LogP contribution in [0.3, 0.4) is 0 Å². The number of carbonyl (C=O) groups excluding carboxylic acids is 1. The average molecular weight is 459 g/mol. The number of phenolic OH excluding ortho intramolecular Hbond substituents is 1. The van der Waals surface area contributed by atoms with E-state index >= 15 is 0 Å². The number of likely N-dealkylation sites (N-methyl/N-ethyl adjacent to an activating group) is 1. The smallest absolute Gasteiger partial charge is 0.161 e. The topological polar surface area (TPSA) is 40.5 Å². The fourth-order valence-electron chi connectivity index (χ4n) is 4.43. The van der Waals surface area contributed by atoms with Crippen LogP contribution in [-0.2, 0) is 10.2 Å². The normalized spacial score (nSPS) is 27.7. The summed E-state index contributed by atoms with van der Waals surface area (Å²) in [4.78, 5) is 15.5. The van der Waals surface area contributed by atoms with E-state index in [4.69, 9.17) is 0 Å². The van der Waals surface area contributed by atoms with Crippen LogP contribution >= 0.6 is 22.6 Å². The van der Waals surface area contributed by atoms with Gasteiger partial charge < -0.3 is 5.11 Å². The van der Waals surface area contributed by atoms with E-state index in [2.05, 4.69) is 64.9 Å². The van der Waals surface area contributed by atoms with E-state index in [1.54, 1.807) is 6.07 Å². The van der Waals surface area contributed by atoms with Crippen LogP contribution in [0.25, 0.3) is 6.08 Å². The molecule has 1 saturated carbocycles. The Morgan fingerprint density at radius 3 is 2.81 bits per heavy atom. The Labute approximate surface area is 167 Å². The largest absolute Gasteiger partial charge is 0.508 e. The van der Waals surface area contributed by atoms with Crippen LogP contribution in [0.4, 0.5) is 0 Å². The number of likely N-dealkylation sites (tertiary alicyclic amines) is 1. The zero-order valence-corrected chi connectivity index (χ0v) is 16.9. The van der Waals surface area contributed by atoms with Crippen molar-refractivity contribution in [3.05, 3.63) is 68.8 Å². The Balaban J connectivity index is 1.73. The van der Waals surface area contributed by atoms with Crippen LogP contribution < -0.4 is 0 Å². The summed E-state index contributed by atoms with van der Waals surface area (Å²) in [5, 5.41) is 9.92.